The van der Waals surface area contributed by atoms with Crippen LogP contribution in [0.5, 0.6) is 11.5 Å². The molecule has 0 aromatic heterocycles. The van der Waals surface area contributed by atoms with Crippen molar-refractivity contribution in [1.82, 2.24) is 0 Å². The van der Waals surface area contributed by atoms with Gasteiger partial charge in [-0.15, -0.1) is 0 Å². The Morgan fingerprint density at radius 1 is 1.29 bits per heavy atom. The third kappa shape index (κ3) is 2.36. The molecule has 0 radical (unpaired) electrons. The number of hydrogen-bond acceptors (Lipinski definition) is 5. The Kier molecular flexibility index (Phi) is 3.78. The van der Waals surface area contributed by atoms with Crippen LogP contribution in [0.1, 0.15) is 10.1 Å². The van der Waals surface area contributed by atoms with Gasteiger partial charge in [-0.05, 0) is 17.7 Å². The van der Waals surface area contributed by atoms with Crippen molar-refractivity contribution in [1.29, 1.82) is 0 Å². The Labute approximate surface area is 108 Å². The van der Waals surface area contributed by atoms with E-state index in [0.717, 1.165) is 5.56 Å². The van der Waals surface area contributed by atoms with Crippen molar-refractivity contribution in [3.05, 3.63) is 23.8 Å². The van der Waals surface area contributed by atoms with E-state index in [1.165, 1.54) is 14.2 Å². The lowest BCUT2D eigenvalue weighted by Gasteiger charge is -2.19. The molecule has 1 heterocycles. The second-order valence-electron chi connectivity index (χ2n) is 3.35. The summed E-state index contributed by atoms with van der Waals surface area (Å²) in [6, 6.07) is 5.31. The highest BCUT2D eigenvalue weighted by atomic mass is 79.9. The number of alkyl halides is 1. The lowest BCUT2D eigenvalue weighted by atomic mass is 10.2. The van der Waals surface area contributed by atoms with Crippen LogP contribution in [-0.4, -0.2) is 21.0 Å². The fourth-order valence-electron chi connectivity index (χ4n) is 1.50. The maximum atomic E-state index is 12.2. The van der Waals surface area contributed by atoms with Crippen molar-refractivity contribution in [2.75, 3.05) is 21.0 Å². The average Bonchev–Trinajstić information content (AvgIpc) is 2.84. The molecule has 0 saturated heterocycles. The van der Waals surface area contributed by atoms with Crippen LogP contribution in [0.3, 0.4) is 0 Å². The minimum Gasteiger partial charge on any atom is -0.454 e. The Morgan fingerprint density at radius 3 is 2.59 bits per heavy atom. The molecule has 1 aromatic carbocycles. The van der Waals surface area contributed by atoms with E-state index in [-0.39, 0.29) is 6.79 Å². The van der Waals surface area contributed by atoms with Crippen molar-refractivity contribution >= 4 is 23.5 Å². The van der Waals surface area contributed by atoms with Gasteiger partial charge in [0.25, 0.3) is 0 Å². The Balaban J connectivity index is 2.31. The van der Waals surface area contributed by atoms with Gasteiger partial charge in [0.2, 0.25) is 6.79 Å². The van der Waals surface area contributed by atoms with Crippen molar-refractivity contribution in [2.24, 2.45) is 0 Å². The number of rotatable bonds is 4. The van der Waals surface area contributed by atoms with Gasteiger partial charge in [-0.1, -0.05) is 22.0 Å². The molecule has 0 fully saturated rings. The van der Waals surface area contributed by atoms with Gasteiger partial charge in [-0.3, -0.25) is 4.57 Å². The van der Waals surface area contributed by atoms with Gasteiger partial charge < -0.3 is 18.5 Å². The first kappa shape index (κ1) is 12.9. The first-order chi connectivity index (χ1) is 8.10. The van der Waals surface area contributed by atoms with E-state index in [9.17, 15) is 4.57 Å². The minimum absolute atomic E-state index is 0.206. The first-order valence-electron chi connectivity index (χ1n) is 4.85. The molecule has 1 aliphatic heterocycles. The molecule has 0 amide bonds. The molecule has 0 spiro atoms. The molecule has 1 atom stereocenters. The minimum atomic E-state index is -3.20. The molecule has 94 valence electrons. The normalized spacial score (nSPS) is 15.9. The Bertz CT molecular complexity index is 456. The largest absolute Gasteiger partial charge is 0.454 e. The van der Waals surface area contributed by atoms with Crippen molar-refractivity contribution in [3.63, 3.8) is 0 Å². The maximum Gasteiger partial charge on any atom is 0.348 e. The van der Waals surface area contributed by atoms with Crippen molar-refractivity contribution < 1.29 is 23.1 Å². The topological polar surface area (TPSA) is 54.0 Å². The van der Waals surface area contributed by atoms with E-state index in [4.69, 9.17) is 18.5 Å². The van der Waals surface area contributed by atoms with E-state index in [0.29, 0.717) is 11.5 Å². The third-order valence-corrected chi connectivity index (χ3v) is 6.36. The molecule has 2 rings (SSSR count). The molecule has 1 aliphatic rings. The van der Waals surface area contributed by atoms with Gasteiger partial charge in [-0.2, -0.15) is 0 Å². The van der Waals surface area contributed by atoms with Crippen LogP contribution in [0.2, 0.25) is 0 Å². The molecule has 0 aliphatic carbocycles. The molecule has 0 bridgehead atoms. The Morgan fingerprint density at radius 2 is 1.94 bits per heavy atom. The van der Waals surface area contributed by atoms with Crippen LogP contribution in [0.15, 0.2) is 18.2 Å². The number of fused-ring (bicyclic) bond motifs is 1. The predicted molar refractivity (Wildman–Crippen MR) is 65.9 cm³/mol. The lowest BCUT2D eigenvalue weighted by molar-refractivity contribution is 0.174. The number of hydrogen-bond donors (Lipinski definition) is 0. The summed E-state index contributed by atoms with van der Waals surface area (Å²) in [5.41, 5.74) is 0.751. The monoisotopic (exact) mass is 322 g/mol. The highest BCUT2D eigenvalue weighted by molar-refractivity contribution is 9.10. The predicted octanol–water partition coefficient (Wildman–Crippen LogP) is 3.29. The zero-order valence-corrected chi connectivity index (χ0v) is 11.9. The molecule has 17 heavy (non-hydrogen) atoms. The summed E-state index contributed by atoms with van der Waals surface area (Å²) in [5.74, 6) is 1.31. The van der Waals surface area contributed by atoms with Crippen LogP contribution in [0.4, 0.5) is 0 Å². The molecule has 0 N–H and O–H groups in total. The molecule has 7 heteroatoms. The second kappa shape index (κ2) is 4.98. The standard InChI is InChI=1S/C10H12BrO5P/c1-13-17(12,14-2)10(11)7-3-4-8-9(5-7)16-6-15-8/h3-5,10H,6H2,1-2H3. The van der Waals surface area contributed by atoms with Gasteiger partial charge >= 0.3 is 7.60 Å². The smallest absolute Gasteiger partial charge is 0.348 e. The summed E-state index contributed by atoms with van der Waals surface area (Å²) < 4.78 is 32.0. The van der Waals surface area contributed by atoms with Crippen LogP contribution < -0.4 is 9.47 Å². The molecule has 1 unspecified atom stereocenters. The summed E-state index contributed by atoms with van der Waals surface area (Å²) in [6.07, 6.45) is 0. The Hall–Kier alpha value is -0.550. The van der Waals surface area contributed by atoms with Gasteiger partial charge in [-0.25, -0.2) is 0 Å². The van der Waals surface area contributed by atoms with Crippen LogP contribution in [-0.2, 0) is 13.6 Å². The molecule has 0 saturated carbocycles. The summed E-state index contributed by atoms with van der Waals surface area (Å²) in [6.45, 7) is 0.206. The molecule has 1 aromatic rings. The second-order valence-corrected chi connectivity index (χ2v) is 7.30. The van der Waals surface area contributed by atoms with E-state index in [1.807, 2.05) is 0 Å². The van der Waals surface area contributed by atoms with Crippen LogP contribution in [0.25, 0.3) is 0 Å². The first-order valence-corrected chi connectivity index (χ1v) is 7.38. The number of benzene rings is 1. The number of ether oxygens (including phenoxy) is 2. The highest BCUT2D eigenvalue weighted by Gasteiger charge is 2.34. The van der Waals surface area contributed by atoms with Crippen molar-refractivity contribution in [2.45, 2.75) is 4.57 Å². The van der Waals surface area contributed by atoms with E-state index in [2.05, 4.69) is 15.9 Å². The van der Waals surface area contributed by atoms with Crippen LogP contribution >= 0.6 is 23.5 Å². The lowest BCUT2D eigenvalue weighted by Crippen LogP contribution is -1.97. The van der Waals surface area contributed by atoms with E-state index in [1.54, 1.807) is 18.2 Å². The van der Waals surface area contributed by atoms with E-state index >= 15 is 0 Å². The molecular formula is C10H12BrO5P. The molecule has 5 nitrogen and oxygen atoms in total. The summed E-state index contributed by atoms with van der Waals surface area (Å²) in [7, 11) is -0.493. The van der Waals surface area contributed by atoms with Crippen molar-refractivity contribution in [3.8, 4) is 11.5 Å². The highest BCUT2D eigenvalue weighted by Crippen LogP contribution is 2.63. The SMILES string of the molecule is COP(=O)(OC)C(Br)c1ccc2c(c1)OCO2. The zero-order valence-electron chi connectivity index (χ0n) is 9.38. The fraction of sp³-hybridized carbons (Fsp3) is 0.400. The van der Waals surface area contributed by atoms with Crippen LogP contribution in [0, 0.1) is 0 Å². The summed E-state index contributed by atoms with van der Waals surface area (Å²) >= 11 is 3.33. The zero-order chi connectivity index (χ0) is 12.5. The summed E-state index contributed by atoms with van der Waals surface area (Å²) in [5, 5.41) is 0. The average molecular weight is 323 g/mol. The number of halogens is 1. The third-order valence-electron chi connectivity index (χ3n) is 2.46. The van der Waals surface area contributed by atoms with E-state index < -0.39 is 12.2 Å². The van der Waals surface area contributed by atoms with Gasteiger partial charge in [0.1, 0.15) is 4.57 Å². The van der Waals surface area contributed by atoms with Gasteiger partial charge in [0.15, 0.2) is 11.5 Å². The maximum absolute atomic E-state index is 12.2. The van der Waals surface area contributed by atoms with Gasteiger partial charge in [0.05, 0.1) is 0 Å². The summed E-state index contributed by atoms with van der Waals surface area (Å²) in [4.78, 5) is 0. The molecular weight excluding hydrogens is 311 g/mol. The van der Waals surface area contributed by atoms with Gasteiger partial charge in [0, 0.05) is 14.2 Å². The fourth-order valence-corrected chi connectivity index (χ4v) is 3.84. The quantitative estimate of drug-likeness (QED) is 0.629.